The summed E-state index contributed by atoms with van der Waals surface area (Å²) in [5.74, 6) is 0.301. The lowest BCUT2D eigenvalue weighted by atomic mass is 9.96. The Balaban J connectivity index is 1.67. The number of aromatic nitrogens is 2. The van der Waals surface area contributed by atoms with Crippen molar-refractivity contribution in [3.63, 3.8) is 0 Å². The fourth-order valence-corrected chi connectivity index (χ4v) is 5.88. The minimum absolute atomic E-state index is 0.194. The first-order chi connectivity index (χ1) is 17.8. The van der Waals surface area contributed by atoms with Crippen LogP contribution in [0.5, 0.6) is 5.75 Å². The molecule has 0 bridgehead atoms. The van der Waals surface area contributed by atoms with E-state index in [9.17, 15) is 9.59 Å². The Labute approximate surface area is 218 Å². The average molecular weight is 514 g/mol. The molecule has 0 aliphatic carbocycles. The van der Waals surface area contributed by atoms with Gasteiger partial charge in [0.15, 0.2) is 4.80 Å². The maximum absolute atomic E-state index is 13.8. The van der Waals surface area contributed by atoms with E-state index in [2.05, 4.69) is 15.6 Å². The van der Waals surface area contributed by atoms with Gasteiger partial charge in [-0.3, -0.25) is 9.36 Å². The highest BCUT2D eigenvalue weighted by Gasteiger charge is 2.32. The molecule has 1 unspecified atom stereocenters. The number of benzene rings is 2. The summed E-state index contributed by atoms with van der Waals surface area (Å²) in [5, 5.41) is 0. The van der Waals surface area contributed by atoms with Gasteiger partial charge in [-0.1, -0.05) is 41.7 Å². The summed E-state index contributed by atoms with van der Waals surface area (Å²) in [6.07, 6.45) is 1.91. The molecule has 3 heterocycles. The maximum Gasteiger partial charge on any atom is 0.338 e. The molecule has 1 aliphatic heterocycles. The first kappa shape index (κ1) is 24.5. The van der Waals surface area contributed by atoms with Crippen LogP contribution in [0.4, 0.5) is 0 Å². The van der Waals surface area contributed by atoms with Crippen molar-refractivity contribution in [2.24, 2.45) is 4.99 Å². The van der Waals surface area contributed by atoms with Crippen molar-refractivity contribution < 1.29 is 14.3 Å². The van der Waals surface area contributed by atoms with Crippen molar-refractivity contribution in [1.29, 1.82) is 0 Å². The van der Waals surface area contributed by atoms with E-state index in [0.29, 0.717) is 20.6 Å². The zero-order valence-corrected chi connectivity index (χ0v) is 22.1. The highest BCUT2D eigenvalue weighted by molar-refractivity contribution is 7.07. The van der Waals surface area contributed by atoms with E-state index in [0.717, 1.165) is 34.0 Å². The van der Waals surface area contributed by atoms with E-state index in [1.165, 1.54) is 18.4 Å². The molecule has 0 radical (unpaired) electrons. The zero-order chi connectivity index (χ0) is 26.3. The maximum atomic E-state index is 13.8. The first-order valence-corrected chi connectivity index (χ1v) is 12.6. The van der Waals surface area contributed by atoms with Gasteiger partial charge in [0.05, 0.1) is 36.1 Å². The second-order valence-electron chi connectivity index (χ2n) is 8.84. The topological polar surface area (TPSA) is 74.8 Å². The van der Waals surface area contributed by atoms with Crippen LogP contribution in [0.15, 0.2) is 81.7 Å². The third kappa shape index (κ3) is 4.23. The molecule has 0 spiro atoms. The summed E-state index contributed by atoms with van der Waals surface area (Å²) in [7, 11) is 2.99. The van der Waals surface area contributed by atoms with Gasteiger partial charge < -0.3 is 14.0 Å². The second kappa shape index (κ2) is 9.71. The van der Waals surface area contributed by atoms with E-state index in [1.54, 1.807) is 18.6 Å². The van der Waals surface area contributed by atoms with E-state index < -0.39 is 12.0 Å². The average Bonchev–Trinajstić information content (AvgIpc) is 3.37. The van der Waals surface area contributed by atoms with Crippen molar-refractivity contribution in [2.75, 3.05) is 14.2 Å². The normalized spacial score (nSPS) is 15.4. The molecule has 1 aliphatic rings. The number of esters is 1. The molecule has 0 fully saturated rings. The van der Waals surface area contributed by atoms with E-state index in [4.69, 9.17) is 9.47 Å². The Hall–Kier alpha value is -4.17. The number of fused-ring (bicyclic) bond motifs is 1. The van der Waals surface area contributed by atoms with Gasteiger partial charge in [0.25, 0.3) is 5.56 Å². The number of carbonyl (C=O) groups excluding carboxylic acids is 1. The number of carbonyl (C=O) groups is 1. The van der Waals surface area contributed by atoms with Gasteiger partial charge >= 0.3 is 5.97 Å². The third-order valence-electron chi connectivity index (χ3n) is 6.63. The monoisotopic (exact) mass is 513 g/mol. The molecule has 1 atom stereocenters. The summed E-state index contributed by atoms with van der Waals surface area (Å²) in [5.41, 5.74) is 5.56. The lowest BCUT2D eigenvalue weighted by Gasteiger charge is -2.24. The van der Waals surface area contributed by atoms with Crippen LogP contribution in [0.2, 0.25) is 0 Å². The summed E-state index contributed by atoms with van der Waals surface area (Å²) >= 11 is 1.32. The molecule has 7 nitrogen and oxygen atoms in total. The van der Waals surface area contributed by atoms with Gasteiger partial charge in [0, 0.05) is 17.1 Å². The number of thiazole rings is 1. The van der Waals surface area contributed by atoms with Crippen LogP contribution in [0.25, 0.3) is 11.8 Å². The van der Waals surface area contributed by atoms with Gasteiger partial charge in [-0.15, -0.1) is 0 Å². The molecule has 0 saturated heterocycles. The first-order valence-electron chi connectivity index (χ1n) is 11.8. The summed E-state index contributed by atoms with van der Waals surface area (Å²) in [4.78, 5) is 31.7. The van der Waals surface area contributed by atoms with E-state index in [-0.39, 0.29) is 5.56 Å². The number of hydrogen-bond acceptors (Lipinski definition) is 6. The van der Waals surface area contributed by atoms with Gasteiger partial charge in [0.2, 0.25) is 0 Å². The smallest absolute Gasteiger partial charge is 0.338 e. The zero-order valence-electron chi connectivity index (χ0n) is 21.3. The van der Waals surface area contributed by atoms with Crippen molar-refractivity contribution in [3.05, 3.63) is 114 Å². The predicted molar refractivity (Wildman–Crippen MR) is 144 cm³/mol. The highest BCUT2D eigenvalue weighted by Crippen LogP contribution is 2.30. The van der Waals surface area contributed by atoms with Gasteiger partial charge in [-0.2, -0.15) is 0 Å². The van der Waals surface area contributed by atoms with Crippen molar-refractivity contribution in [3.8, 4) is 11.4 Å². The second-order valence-corrected chi connectivity index (χ2v) is 9.85. The van der Waals surface area contributed by atoms with Crippen LogP contribution in [0, 0.1) is 13.8 Å². The minimum Gasteiger partial charge on any atom is -0.497 e. The van der Waals surface area contributed by atoms with Crippen LogP contribution in [-0.2, 0) is 9.53 Å². The number of rotatable bonds is 5. The molecule has 0 amide bonds. The van der Waals surface area contributed by atoms with Gasteiger partial charge in [0.1, 0.15) is 5.75 Å². The number of aryl methyl sites for hydroxylation is 1. The molecular formula is C29H27N3O4S. The predicted octanol–water partition coefficient (Wildman–Crippen LogP) is 3.82. The third-order valence-corrected chi connectivity index (χ3v) is 7.61. The molecule has 2 aromatic carbocycles. The van der Waals surface area contributed by atoms with Gasteiger partial charge in [-0.05, 0) is 68.3 Å². The Morgan fingerprint density at radius 2 is 1.73 bits per heavy atom. The Bertz CT molecular complexity index is 1710. The molecule has 0 saturated carbocycles. The number of allylic oxidation sites excluding steroid dienone is 1. The van der Waals surface area contributed by atoms with Crippen LogP contribution < -0.4 is 19.6 Å². The Morgan fingerprint density at radius 3 is 2.38 bits per heavy atom. The van der Waals surface area contributed by atoms with Gasteiger partial charge in [-0.25, -0.2) is 9.79 Å². The number of hydrogen-bond donors (Lipinski definition) is 0. The van der Waals surface area contributed by atoms with E-state index in [1.807, 2.05) is 74.5 Å². The number of methoxy groups -OCH3 is 2. The summed E-state index contributed by atoms with van der Waals surface area (Å²) in [6.45, 7) is 5.85. The number of ether oxygens (including phenoxy) is 2. The standard InChI is InChI=1S/C29H27N3O4S/c1-17-15-21(19(3)31(17)22-11-13-23(35-4)14-12-22)16-24-27(33)32-26(20-9-7-6-8-10-20)25(28(34)36-5)18(2)30-29(32)37-24/h6-16,26H,1-5H3. The lowest BCUT2D eigenvalue weighted by Crippen LogP contribution is -2.39. The molecule has 5 rings (SSSR count). The minimum atomic E-state index is -0.612. The van der Waals surface area contributed by atoms with Crippen molar-refractivity contribution in [1.82, 2.24) is 9.13 Å². The molecular weight excluding hydrogens is 486 g/mol. The lowest BCUT2D eigenvalue weighted by molar-refractivity contribution is -0.136. The van der Waals surface area contributed by atoms with Crippen LogP contribution in [0.3, 0.4) is 0 Å². The van der Waals surface area contributed by atoms with E-state index >= 15 is 0 Å². The fraction of sp³-hybridized carbons (Fsp3) is 0.207. The van der Waals surface area contributed by atoms with Crippen molar-refractivity contribution >= 4 is 23.4 Å². The molecule has 37 heavy (non-hydrogen) atoms. The van der Waals surface area contributed by atoms with Crippen LogP contribution >= 0.6 is 11.3 Å². The Kier molecular flexibility index (Phi) is 6.43. The molecule has 4 aromatic rings. The molecule has 188 valence electrons. The number of nitrogens with zero attached hydrogens (tertiary/aromatic N) is 3. The summed E-state index contributed by atoms with van der Waals surface area (Å²) < 4.78 is 14.7. The molecule has 8 heteroatoms. The fourth-order valence-electron chi connectivity index (χ4n) is 4.85. The Morgan fingerprint density at radius 1 is 1.03 bits per heavy atom. The quantitative estimate of drug-likeness (QED) is 0.380. The highest BCUT2D eigenvalue weighted by atomic mass is 32.1. The molecule has 0 N–H and O–H groups in total. The largest absolute Gasteiger partial charge is 0.497 e. The SMILES string of the molecule is COC(=O)C1=C(C)N=c2sc(=Cc3cc(C)n(-c4ccc(OC)cc4)c3C)c(=O)n2C1c1ccccc1. The van der Waals surface area contributed by atoms with Crippen LogP contribution in [0.1, 0.15) is 35.5 Å². The molecule has 2 aromatic heterocycles. The van der Waals surface area contributed by atoms with Crippen LogP contribution in [-0.4, -0.2) is 29.3 Å². The summed E-state index contributed by atoms with van der Waals surface area (Å²) in [6, 6.07) is 18.8. The van der Waals surface area contributed by atoms with Crippen molar-refractivity contribution in [2.45, 2.75) is 26.8 Å².